The lowest BCUT2D eigenvalue weighted by Crippen LogP contribution is -2.59. The largest absolute Gasteiger partial charge is 0.379 e. The Morgan fingerprint density at radius 2 is 2.24 bits per heavy atom. The van der Waals surface area contributed by atoms with E-state index in [0.717, 1.165) is 25.6 Å². The van der Waals surface area contributed by atoms with E-state index in [9.17, 15) is 4.79 Å². The molecule has 0 radical (unpaired) electrons. The molecule has 2 fully saturated rings. The number of carbonyl (C=O) groups is 1. The third-order valence-corrected chi connectivity index (χ3v) is 3.17. The predicted molar refractivity (Wildman–Crippen MR) is 63.8 cm³/mol. The summed E-state index contributed by atoms with van der Waals surface area (Å²) in [5, 5.41) is 5.91. The van der Waals surface area contributed by atoms with Gasteiger partial charge in [-0.2, -0.15) is 0 Å². The number of ether oxygens (including phenoxy) is 2. The van der Waals surface area contributed by atoms with E-state index >= 15 is 0 Å². The highest BCUT2D eigenvalue weighted by atomic mass is 16.5. The second kappa shape index (κ2) is 5.80. The minimum atomic E-state index is -0.153. The maximum Gasteiger partial charge on any atom is 0.246 e. The van der Waals surface area contributed by atoms with Gasteiger partial charge in [-0.15, -0.1) is 0 Å². The van der Waals surface area contributed by atoms with Gasteiger partial charge in [0.15, 0.2) is 0 Å². The standard InChI is InChI=1S/C12H22N2O3/c1-12(8-13-9-12)17-7-11(15)14-4-5-16-6-10-2-3-10/h10,13H,2-9H2,1H3,(H,14,15). The van der Waals surface area contributed by atoms with Gasteiger partial charge >= 0.3 is 0 Å². The molecule has 5 heteroatoms. The summed E-state index contributed by atoms with van der Waals surface area (Å²) in [6, 6.07) is 0. The van der Waals surface area contributed by atoms with Crippen molar-refractivity contribution in [1.29, 1.82) is 0 Å². The van der Waals surface area contributed by atoms with E-state index in [1.807, 2.05) is 6.92 Å². The first-order chi connectivity index (χ1) is 8.18. The number of rotatable bonds is 8. The summed E-state index contributed by atoms with van der Waals surface area (Å²) in [4.78, 5) is 11.4. The average Bonchev–Trinajstić information content (AvgIpc) is 3.07. The van der Waals surface area contributed by atoms with Crippen molar-refractivity contribution >= 4 is 5.91 Å². The van der Waals surface area contributed by atoms with E-state index in [-0.39, 0.29) is 18.1 Å². The quantitative estimate of drug-likeness (QED) is 0.584. The van der Waals surface area contributed by atoms with Crippen LogP contribution in [0.4, 0.5) is 0 Å². The molecule has 1 aliphatic heterocycles. The zero-order valence-electron chi connectivity index (χ0n) is 10.5. The van der Waals surface area contributed by atoms with Crippen LogP contribution in [0.15, 0.2) is 0 Å². The van der Waals surface area contributed by atoms with Gasteiger partial charge in [0.25, 0.3) is 0 Å². The van der Waals surface area contributed by atoms with Gasteiger partial charge < -0.3 is 20.1 Å². The highest BCUT2D eigenvalue weighted by molar-refractivity contribution is 5.77. The Morgan fingerprint density at radius 3 is 2.82 bits per heavy atom. The van der Waals surface area contributed by atoms with Gasteiger partial charge in [0.05, 0.1) is 12.2 Å². The normalized spacial score (nSPS) is 21.9. The molecule has 2 aliphatic rings. The molecule has 0 atom stereocenters. The molecule has 98 valence electrons. The number of amides is 1. The van der Waals surface area contributed by atoms with Crippen LogP contribution in [0.25, 0.3) is 0 Å². The lowest BCUT2D eigenvalue weighted by atomic mass is 10.0. The van der Waals surface area contributed by atoms with Gasteiger partial charge in [-0.1, -0.05) is 0 Å². The molecule has 0 spiro atoms. The fourth-order valence-corrected chi connectivity index (χ4v) is 1.67. The van der Waals surface area contributed by atoms with E-state index in [2.05, 4.69) is 10.6 Å². The maximum atomic E-state index is 11.4. The molecule has 5 nitrogen and oxygen atoms in total. The minimum Gasteiger partial charge on any atom is -0.379 e. The third-order valence-electron chi connectivity index (χ3n) is 3.17. The monoisotopic (exact) mass is 242 g/mol. The van der Waals surface area contributed by atoms with E-state index < -0.39 is 0 Å². The molecule has 1 heterocycles. The van der Waals surface area contributed by atoms with Gasteiger partial charge in [-0.25, -0.2) is 0 Å². The SMILES string of the molecule is CC1(OCC(=O)NCCOCC2CC2)CNC1. The molecule has 1 amide bonds. The Labute approximate surface area is 102 Å². The fourth-order valence-electron chi connectivity index (χ4n) is 1.67. The van der Waals surface area contributed by atoms with Crippen LogP contribution < -0.4 is 10.6 Å². The van der Waals surface area contributed by atoms with E-state index in [0.29, 0.717) is 13.2 Å². The first-order valence-electron chi connectivity index (χ1n) is 6.37. The summed E-state index contributed by atoms with van der Waals surface area (Å²) < 4.78 is 10.9. The maximum absolute atomic E-state index is 11.4. The molecule has 0 aromatic carbocycles. The van der Waals surface area contributed by atoms with Gasteiger partial charge in [0.2, 0.25) is 5.91 Å². The first-order valence-corrected chi connectivity index (χ1v) is 6.37. The molecular formula is C12H22N2O3. The van der Waals surface area contributed by atoms with Crippen molar-refractivity contribution in [2.45, 2.75) is 25.4 Å². The summed E-state index contributed by atoms with van der Waals surface area (Å²) >= 11 is 0. The van der Waals surface area contributed by atoms with E-state index in [1.54, 1.807) is 0 Å². The molecule has 2 N–H and O–H groups in total. The highest BCUT2D eigenvalue weighted by Gasteiger charge is 2.32. The Bertz CT molecular complexity index is 262. The molecule has 0 aromatic rings. The lowest BCUT2D eigenvalue weighted by molar-refractivity contribution is -0.136. The summed E-state index contributed by atoms with van der Waals surface area (Å²) in [6.45, 7) is 5.81. The van der Waals surface area contributed by atoms with Crippen molar-refractivity contribution in [2.24, 2.45) is 5.92 Å². The van der Waals surface area contributed by atoms with Gasteiger partial charge in [-0.3, -0.25) is 4.79 Å². The molecule has 1 saturated carbocycles. The van der Waals surface area contributed by atoms with Crippen LogP contribution in [0, 0.1) is 5.92 Å². The number of hydrogen-bond acceptors (Lipinski definition) is 4. The van der Waals surface area contributed by atoms with Crippen LogP contribution in [0.1, 0.15) is 19.8 Å². The molecule has 1 aliphatic carbocycles. The topological polar surface area (TPSA) is 59.6 Å². The second-order valence-corrected chi connectivity index (χ2v) is 5.21. The van der Waals surface area contributed by atoms with Gasteiger partial charge in [0.1, 0.15) is 6.61 Å². The molecular weight excluding hydrogens is 220 g/mol. The smallest absolute Gasteiger partial charge is 0.246 e. The van der Waals surface area contributed by atoms with Crippen LogP contribution in [-0.4, -0.2) is 51.0 Å². The van der Waals surface area contributed by atoms with E-state index in [4.69, 9.17) is 9.47 Å². The fraction of sp³-hybridized carbons (Fsp3) is 0.917. The number of hydrogen-bond donors (Lipinski definition) is 2. The van der Waals surface area contributed by atoms with Crippen molar-refractivity contribution in [2.75, 3.05) is 39.5 Å². The molecule has 1 saturated heterocycles. The highest BCUT2D eigenvalue weighted by Crippen LogP contribution is 2.28. The van der Waals surface area contributed by atoms with Crippen LogP contribution >= 0.6 is 0 Å². The lowest BCUT2D eigenvalue weighted by Gasteiger charge is -2.38. The second-order valence-electron chi connectivity index (χ2n) is 5.21. The van der Waals surface area contributed by atoms with Crippen molar-refractivity contribution < 1.29 is 14.3 Å². The summed E-state index contributed by atoms with van der Waals surface area (Å²) in [6.07, 6.45) is 2.60. The van der Waals surface area contributed by atoms with Crippen molar-refractivity contribution in [1.82, 2.24) is 10.6 Å². The summed E-state index contributed by atoms with van der Waals surface area (Å²) in [7, 11) is 0. The van der Waals surface area contributed by atoms with Crippen molar-refractivity contribution in [3.8, 4) is 0 Å². The Balaban J connectivity index is 1.42. The first kappa shape index (κ1) is 12.8. The van der Waals surface area contributed by atoms with Crippen LogP contribution in [-0.2, 0) is 14.3 Å². The van der Waals surface area contributed by atoms with E-state index in [1.165, 1.54) is 12.8 Å². The zero-order chi connectivity index (χ0) is 12.1. The molecule has 17 heavy (non-hydrogen) atoms. The Morgan fingerprint density at radius 1 is 1.47 bits per heavy atom. The summed E-state index contributed by atoms with van der Waals surface area (Å²) in [5.74, 6) is 0.716. The third kappa shape index (κ3) is 4.61. The minimum absolute atomic E-state index is 0.0619. The Hall–Kier alpha value is -0.650. The molecule has 0 bridgehead atoms. The van der Waals surface area contributed by atoms with Crippen LogP contribution in [0.5, 0.6) is 0 Å². The van der Waals surface area contributed by atoms with Crippen LogP contribution in [0.2, 0.25) is 0 Å². The van der Waals surface area contributed by atoms with Crippen LogP contribution in [0.3, 0.4) is 0 Å². The van der Waals surface area contributed by atoms with Gasteiger partial charge in [0, 0.05) is 26.2 Å². The zero-order valence-corrected chi connectivity index (χ0v) is 10.5. The number of carbonyl (C=O) groups excluding carboxylic acids is 1. The predicted octanol–water partition coefficient (Wildman–Crippen LogP) is -0.0923. The Kier molecular flexibility index (Phi) is 4.36. The average molecular weight is 242 g/mol. The van der Waals surface area contributed by atoms with Crippen molar-refractivity contribution in [3.63, 3.8) is 0 Å². The summed E-state index contributed by atoms with van der Waals surface area (Å²) in [5.41, 5.74) is -0.153. The van der Waals surface area contributed by atoms with Crippen molar-refractivity contribution in [3.05, 3.63) is 0 Å². The van der Waals surface area contributed by atoms with Gasteiger partial charge in [-0.05, 0) is 25.7 Å². The molecule has 0 unspecified atom stereocenters. The molecule has 0 aromatic heterocycles. The number of nitrogens with one attached hydrogen (secondary N) is 2. The molecule has 2 rings (SSSR count).